The van der Waals surface area contributed by atoms with Crippen LogP contribution in [0.4, 0.5) is 5.13 Å². The zero-order valence-electron chi connectivity index (χ0n) is 23.2. The largest absolute Gasteiger partial charge is 0.541 e. The van der Waals surface area contributed by atoms with Crippen LogP contribution in [0, 0.1) is 0 Å². The second-order valence-corrected chi connectivity index (χ2v) is 12.5. The highest BCUT2D eigenvalue weighted by Gasteiger charge is 2.55. The lowest BCUT2D eigenvalue weighted by atomic mass is 10.0. The van der Waals surface area contributed by atoms with Gasteiger partial charge in [-0.15, -0.1) is 11.8 Å². The van der Waals surface area contributed by atoms with Crippen molar-refractivity contribution in [2.24, 2.45) is 10.9 Å². The predicted molar refractivity (Wildman–Crippen MR) is 161 cm³/mol. The van der Waals surface area contributed by atoms with Crippen molar-refractivity contribution in [1.29, 1.82) is 0 Å². The van der Waals surface area contributed by atoms with Crippen LogP contribution in [0.5, 0.6) is 0 Å². The molecule has 5 rings (SSSR count). The lowest BCUT2D eigenvalue weighted by Gasteiger charge is -2.49. The number of fused-ring (bicyclic) bond motifs is 2. The number of β-lactam (4-membered cyclic amide) rings is 1. The van der Waals surface area contributed by atoms with E-state index in [1.807, 2.05) is 4.57 Å². The summed E-state index contributed by atoms with van der Waals surface area (Å²) in [7, 11) is 4.86. The van der Waals surface area contributed by atoms with E-state index >= 15 is 0 Å². The molecule has 3 amide bonds. The molecule has 45 heavy (non-hydrogen) atoms. The van der Waals surface area contributed by atoms with E-state index in [0.29, 0.717) is 5.57 Å². The number of carbonyl (C=O) groups is 5. The summed E-state index contributed by atoms with van der Waals surface area (Å²) in [5.41, 5.74) is 12.1. The van der Waals surface area contributed by atoms with Crippen molar-refractivity contribution < 1.29 is 43.1 Å². The van der Waals surface area contributed by atoms with Crippen molar-refractivity contribution in [3.63, 3.8) is 0 Å². The van der Waals surface area contributed by atoms with E-state index in [9.17, 15) is 29.1 Å². The molecule has 1 fully saturated rings. The van der Waals surface area contributed by atoms with E-state index in [2.05, 4.69) is 20.1 Å². The number of rotatable bonds is 11. The number of hydrogen-bond donors (Lipinski definition) is 4. The minimum atomic E-state index is -1.31. The number of nitrogen functional groups attached to an aromatic ring is 1. The summed E-state index contributed by atoms with van der Waals surface area (Å²) in [5, 5.41) is 15.6. The number of pyridine rings is 1. The van der Waals surface area contributed by atoms with Gasteiger partial charge < -0.3 is 35.9 Å². The standard InChI is InChI=1S/C25H22BClN8O8S2/c1-10(24(41)42-26)43-32-16(15-19(27)45-25(29)31-15)20(37)30-17-21(38)35-18(23(39)40)11(9-44-22(17)35)7-33-5-2-3-12-13(33)4-6-34(12)8-14(28)36/h2-6,10,17,22H,7-9H2,1H3,(H5-,28,29,30,31,36,37,39,40)/p+1/t10-,17?,22?/m0/s1. The summed E-state index contributed by atoms with van der Waals surface area (Å²) in [6, 6.07) is 4.21. The number of primary amides is 1. The van der Waals surface area contributed by atoms with Gasteiger partial charge in [0.25, 0.3) is 11.8 Å². The van der Waals surface area contributed by atoms with E-state index in [1.165, 1.54) is 18.7 Å². The molecule has 3 atom stereocenters. The number of halogens is 1. The van der Waals surface area contributed by atoms with E-state index < -0.39 is 52.9 Å². The normalized spacial score (nSPS) is 18.7. The van der Waals surface area contributed by atoms with Gasteiger partial charge in [0.05, 0.1) is 0 Å². The highest BCUT2D eigenvalue weighted by Crippen LogP contribution is 2.40. The Morgan fingerprint density at radius 2 is 2.11 bits per heavy atom. The Balaban J connectivity index is 1.38. The minimum absolute atomic E-state index is 0.00844. The monoisotopic (exact) mass is 673 g/mol. The Labute approximate surface area is 268 Å². The third kappa shape index (κ3) is 6.18. The Morgan fingerprint density at radius 3 is 2.76 bits per heavy atom. The number of nitrogens with zero attached hydrogens (tertiary/aromatic N) is 5. The summed E-state index contributed by atoms with van der Waals surface area (Å²) < 4.78 is 7.58. The van der Waals surface area contributed by atoms with Gasteiger partial charge in [-0.3, -0.25) is 19.3 Å². The Morgan fingerprint density at radius 1 is 1.36 bits per heavy atom. The molecule has 232 valence electrons. The number of hydrogen-bond acceptors (Lipinski definition) is 12. The van der Waals surface area contributed by atoms with Crippen LogP contribution in [-0.2, 0) is 46.6 Å². The minimum Gasteiger partial charge on any atom is -0.541 e. The molecule has 2 aliphatic rings. The highest BCUT2D eigenvalue weighted by atomic mass is 35.5. The average Bonchev–Trinajstić information content (AvgIpc) is 3.56. The first kappa shape index (κ1) is 31.8. The van der Waals surface area contributed by atoms with Crippen molar-refractivity contribution in [3.8, 4) is 0 Å². The van der Waals surface area contributed by atoms with E-state index in [1.54, 1.807) is 35.2 Å². The molecule has 2 aliphatic heterocycles. The number of aliphatic carboxylic acids is 1. The molecule has 20 heteroatoms. The third-order valence-corrected chi connectivity index (χ3v) is 9.25. The van der Waals surface area contributed by atoms with Crippen LogP contribution >= 0.6 is 34.7 Å². The molecular weight excluding hydrogens is 651 g/mol. The zero-order valence-corrected chi connectivity index (χ0v) is 25.6. The number of carboxylic acid groups (broad SMARTS) is 1. The number of nitrogens with one attached hydrogen (secondary N) is 1. The molecule has 5 heterocycles. The number of amides is 3. The van der Waals surface area contributed by atoms with Crippen molar-refractivity contribution >= 4 is 94.3 Å². The SMILES string of the molecule is [B]OC(=O)[C@H](C)ON=C(C(=O)NC1C(=O)N2C(C(=O)O)=C(C[n+]3cccc4c3ccn4CC(N)=O)CSC12)c1nc(N)sc1Cl. The van der Waals surface area contributed by atoms with E-state index in [-0.39, 0.29) is 39.7 Å². The molecule has 3 aromatic rings. The molecule has 0 aliphatic carbocycles. The lowest BCUT2D eigenvalue weighted by Crippen LogP contribution is -2.71. The molecule has 2 radical (unpaired) electrons. The second kappa shape index (κ2) is 12.8. The van der Waals surface area contributed by atoms with Gasteiger partial charge in [0.2, 0.25) is 17.5 Å². The maximum Gasteiger partial charge on any atom is 0.378 e. The maximum absolute atomic E-state index is 13.4. The van der Waals surface area contributed by atoms with Crippen molar-refractivity contribution in [3.05, 3.63) is 51.9 Å². The molecule has 0 saturated carbocycles. The number of carbonyl (C=O) groups excluding carboxylic acids is 4. The van der Waals surface area contributed by atoms with Gasteiger partial charge in [-0.05, 0) is 13.0 Å². The fourth-order valence-electron chi connectivity index (χ4n) is 4.81. The fourth-order valence-corrected chi connectivity index (χ4v) is 7.07. The van der Waals surface area contributed by atoms with Gasteiger partial charge in [-0.1, -0.05) is 28.1 Å². The first-order valence-electron chi connectivity index (χ1n) is 12.9. The van der Waals surface area contributed by atoms with Crippen LogP contribution in [0.3, 0.4) is 0 Å². The van der Waals surface area contributed by atoms with Crippen molar-refractivity contribution in [1.82, 2.24) is 19.8 Å². The molecule has 1 saturated heterocycles. The topological polar surface area (TPSA) is 225 Å². The quantitative estimate of drug-likeness (QED) is 0.0653. The molecule has 0 bridgehead atoms. The zero-order chi connectivity index (χ0) is 32.6. The Hall–Kier alpha value is -4.62. The number of nitrogens with two attached hydrogens (primary N) is 2. The number of anilines is 1. The van der Waals surface area contributed by atoms with Crippen LogP contribution in [0.15, 0.2) is 47.0 Å². The Bertz CT molecular complexity index is 1810. The summed E-state index contributed by atoms with van der Waals surface area (Å²) in [5.74, 6) is -4.19. The first-order chi connectivity index (χ1) is 21.4. The molecule has 6 N–H and O–H groups in total. The summed E-state index contributed by atoms with van der Waals surface area (Å²) in [6.07, 6.45) is 2.15. The second-order valence-electron chi connectivity index (χ2n) is 9.73. The molecule has 0 aromatic carbocycles. The summed E-state index contributed by atoms with van der Waals surface area (Å²) in [6.45, 7) is 1.38. The van der Waals surface area contributed by atoms with Crippen molar-refractivity contribution in [2.45, 2.75) is 37.5 Å². The van der Waals surface area contributed by atoms with Gasteiger partial charge in [-0.25, -0.2) is 14.6 Å². The molecule has 3 aromatic heterocycles. The predicted octanol–water partition coefficient (Wildman–Crippen LogP) is -0.719. The summed E-state index contributed by atoms with van der Waals surface area (Å²) in [4.78, 5) is 72.4. The van der Waals surface area contributed by atoms with Gasteiger partial charge in [-0.2, -0.15) is 4.57 Å². The average molecular weight is 674 g/mol. The van der Waals surface area contributed by atoms with Crippen LogP contribution < -0.4 is 21.4 Å². The first-order valence-corrected chi connectivity index (χ1v) is 15.2. The molecule has 16 nitrogen and oxygen atoms in total. The molecular formula is C25H23BClN8O8S2+. The lowest BCUT2D eigenvalue weighted by molar-refractivity contribution is -0.663. The van der Waals surface area contributed by atoms with Crippen LogP contribution in [0.1, 0.15) is 12.6 Å². The van der Waals surface area contributed by atoms with Gasteiger partial charge in [0, 0.05) is 29.7 Å². The number of carboxylic acids is 1. The number of aromatic nitrogens is 3. The van der Waals surface area contributed by atoms with Gasteiger partial charge in [0.15, 0.2) is 23.6 Å². The third-order valence-electron chi connectivity index (χ3n) is 6.83. The van der Waals surface area contributed by atoms with Crippen molar-refractivity contribution in [2.75, 3.05) is 11.5 Å². The van der Waals surface area contributed by atoms with Crippen LogP contribution in [-0.4, -0.2) is 86.3 Å². The highest BCUT2D eigenvalue weighted by molar-refractivity contribution is 8.00. The number of thioether (sulfide) groups is 1. The molecule has 2 unspecified atom stereocenters. The van der Waals surface area contributed by atoms with Gasteiger partial charge in [0.1, 0.15) is 39.2 Å². The maximum atomic E-state index is 13.4. The number of oxime groups is 1. The van der Waals surface area contributed by atoms with Gasteiger partial charge >= 0.3 is 20.0 Å². The van der Waals surface area contributed by atoms with E-state index in [4.69, 9.17) is 36.0 Å². The Kier molecular flexibility index (Phi) is 9.03. The molecule has 0 spiro atoms. The smallest absolute Gasteiger partial charge is 0.378 e. The van der Waals surface area contributed by atoms with E-state index in [0.717, 1.165) is 27.3 Å². The van der Waals surface area contributed by atoms with Crippen LogP contribution in [0.25, 0.3) is 11.0 Å². The fraction of sp³-hybridized carbons (Fsp3) is 0.280. The number of thiazole rings is 1. The van der Waals surface area contributed by atoms with Crippen LogP contribution in [0.2, 0.25) is 4.34 Å². The summed E-state index contributed by atoms with van der Waals surface area (Å²) >= 11 is 8.30.